The average molecular weight is 507 g/mol. The van der Waals surface area contributed by atoms with Crippen LogP contribution in [0.2, 0.25) is 0 Å². The van der Waals surface area contributed by atoms with Crippen molar-refractivity contribution in [1.82, 2.24) is 0 Å². The molecule has 0 heterocycles. The summed E-state index contributed by atoms with van der Waals surface area (Å²) in [5.74, 6) is 2.35. The molecule has 2 aliphatic rings. The third-order valence-corrected chi connectivity index (χ3v) is 8.70. The van der Waals surface area contributed by atoms with Gasteiger partial charge in [-0.15, -0.1) is 0 Å². The fourth-order valence-electron chi connectivity index (χ4n) is 6.17. The van der Waals surface area contributed by atoms with E-state index in [1.54, 1.807) is 13.8 Å². The van der Waals surface area contributed by atoms with Crippen LogP contribution in [0, 0.1) is 29.6 Å². The Kier molecular flexibility index (Phi) is 14.7. The molecular weight excluding hydrogens is 452 g/mol. The van der Waals surface area contributed by atoms with Crippen LogP contribution in [0.4, 0.5) is 0 Å². The number of esters is 2. The number of carbonyl (C=O) groups excluding carboxylic acids is 2. The number of carbonyl (C=O) groups is 2. The molecule has 36 heavy (non-hydrogen) atoms. The highest BCUT2D eigenvalue weighted by atomic mass is 16.6. The van der Waals surface area contributed by atoms with Crippen molar-refractivity contribution >= 4 is 11.9 Å². The predicted molar refractivity (Wildman–Crippen MR) is 145 cm³/mol. The zero-order valence-corrected chi connectivity index (χ0v) is 23.5. The zero-order chi connectivity index (χ0) is 26.3. The van der Waals surface area contributed by atoms with Crippen molar-refractivity contribution in [1.29, 1.82) is 0 Å². The molecule has 0 saturated heterocycles. The first-order valence-electron chi connectivity index (χ1n) is 15.0. The molecule has 0 aromatic heterocycles. The van der Waals surface area contributed by atoms with E-state index in [-0.39, 0.29) is 24.1 Å². The summed E-state index contributed by atoms with van der Waals surface area (Å²) in [5.41, 5.74) is 0.0169. The molecule has 0 radical (unpaired) electrons. The second-order valence-electron chi connectivity index (χ2n) is 11.9. The molecule has 1 atom stereocenters. The molecule has 0 spiro atoms. The van der Waals surface area contributed by atoms with Crippen molar-refractivity contribution in [3.8, 4) is 0 Å². The molecule has 5 heteroatoms. The number of ether oxygens (including phenoxy) is 2. The molecule has 0 bridgehead atoms. The van der Waals surface area contributed by atoms with E-state index in [1.165, 1.54) is 89.9 Å². The van der Waals surface area contributed by atoms with Gasteiger partial charge < -0.3 is 14.6 Å². The quantitative estimate of drug-likeness (QED) is 0.134. The number of hydrogen-bond donors (Lipinski definition) is 1. The van der Waals surface area contributed by atoms with E-state index < -0.39 is 18.7 Å². The summed E-state index contributed by atoms with van der Waals surface area (Å²) in [5, 5.41) is 9.07. The standard InChI is InChI=1S/C31H54O5/c1-5-6-7-8-9-10-25-11-16-27(17-12-25)28-18-13-26(14-19-28)15-20-29(36-30(33)23(2)3)22-35-31(34)24(4)21-32/h23,25-29,32H,4-22H2,1-3H3. The van der Waals surface area contributed by atoms with Gasteiger partial charge in [-0.05, 0) is 62.2 Å². The Morgan fingerprint density at radius 2 is 1.42 bits per heavy atom. The highest BCUT2D eigenvalue weighted by Gasteiger charge is 2.31. The number of hydrogen-bond acceptors (Lipinski definition) is 5. The maximum absolute atomic E-state index is 12.2. The van der Waals surface area contributed by atoms with Crippen LogP contribution in [0.25, 0.3) is 0 Å². The maximum atomic E-state index is 12.2. The molecule has 1 N–H and O–H groups in total. The molecule has 0 amide bonds. The van der Waals surface area contributed by atoms with E-state index in [9.17, 15) is 9.59 Å². The first-order valence-corrected chi connectivity index (χ1v) is 15.0. The van der Waals surface area contributed by atoms with E-state index in [0.29, 0.717) is 12.3 Å². The Bertz CT molecular complexity index is 641. The van der Waals surface area contributed by atoms with Crippen LogP contribution in [-0.4, -0.2) is 36.4 Å². The molecule has 2 fully saturated rings. The van der Waals surface area contributed by atoms with Crippen LogP contribution in [-0.2, 0) is 19.1 Å². The Morgan fingerprint density at radius 3 is 1.94 bits per heavy atom. The minimum atomic E-state index is -0.630. The summed E-state index contributed by atoms with van der Waals surface area (Å²) in [6, 6.07) is 0. The normalized spacial score (nSPS) is 25.4. The smallest absolute Gasteiger partial charge is 0.335 e. The molecule has 5 nitrogen and oxygen atoms in total. The van der Waals surface area contributed by atoms with Gasteiger partial charge in [0.2, 0.25) is 0 Å². The third kappa shape index (κ3) is 11.4. The topological polar surface area (TPSA) is 72.8 Å². The van der Waals surface area contributed by atoms with Gasteiger partial charge in [-0.2, -0.15) is 0 Å². The van der Waals surface area contributed by atoms with Crippen LogP contribution in [0.1, 0.15) is 124 Å². The Morgan fingerprint density at radius 1 is 0.861 bits per heavy atom. The minimum absolute atomic E-state index is 0.0169. The molecule has 0 aromatic rings. The lowest BCUT2D eigenvalue weighted by Crippen LogP contribution is -2.29. The van der Waals surface area contributed by atoms with Gasteiger partial charge in [0.05, 0.1) is 18.1 Å². The summed E-state index contributed by atoms with van der Waals surface area (Å²) >= 11 is 0. The van der Waals surface area contributed by atoms with E-state index in [0.717, 1.165) is 24.2 Å². The third-order valence-electron chi connectivity index (χ3n) is 8.70. The molecule has 2 saturated carbocycles. The minimum Gasteiger partial charge on any atom is -0.459 e. The van der Waals surface area contributed by atoms with Gasteiger partial charge in [-0.3, -0.25) is 4.79 Å². The molecule has 2 aliphatic carbocycles. The van der Waals surface area contributed by atoms with Crippen molar-refractivity contribution in [2.45, 2.75) is 130 Å². The number of aliphatic hydroxyl groups excluding tert-OH is 1. The number of unbranched alkanes of at least 4 members (excludes halogenated alkanes) is 4. The SMILES string of the molecule is C=C(CO)C(=O)OCC(CCC1CCC(C2CCC(CCCCCCC)CC2)CC1)OC(=O)C(C)C. The van der Waals surface area contributed by atoms with E-state index in [4.69, 9.17) is 14.6 Å². The lowest BCUT2D eigenvalue weighted by Gasteiger charge is -2.38. The molecule has 0 aliphatic heterocycles. The number of aliphatic hydroxyl groups is 1. The van der Waals surface area contributed by atoms with Crippen LogP contribution < -0.4 is 0 Å². The molecule has 208 valence electrons. The first-order chi connectivity index (χ1) is 17.3. The van der Waals surface area contributed by atoms with Gasteiger partial charge in [-0.1, -0.05) is 91.6 Å². The largest absolute Gasteiger partial charge is 0.459 e. The molecular formula is C31H54O5. The Hall–Kier alpha value is -1.36. The van der Waals surface area contributed by atoms with Crippen LogP contribution >= 0.6 is 0 Å². The summed E-state index contributed by atoms with van der Waals surface area (Å²) in [6.45, 7) is 8.99. The molecule has 0 aromatic carbocycles. The van der Waals surface area contributed by atoms with E-state index in [1.807, 2.05) is 0 Å². The van der Waals surface area contributed by atoms with Crippen molar-refractivity contribution in [2.24, 2.45) is 29.6 Å². The predicted octanol–water partition coefficient (Wildman–Crippen LogP) is 7.40. The lowest BCUT2D eigenvalue weighted by molar-refractivity contribution is -0.160. The van der Waals surface area contributed by atoms with Gasteiger partial charge in [0.1, 0.15) is 12.7 Å². The summed E-state index contributed by atoms with van der Waals surface area (Å²) in [6.07, 6.45) is 20.7. The highest BCUT2D eigenvalue weighted by molar-refractivity contribution is 5.87. The van der Waals surface area contributed by atoms with Crippen LogP contribution in [0.5, 0.6) is 0 Å². The Balaban J connectivity index is 1.69. The zero-order valence-electron chi connectivity index (χ0n) is 23.5. The van der Waals surface area contributed by atoms with Gasteiger partial charge in [0.25, 0.3) is 0 Å². The summed E-state index contributed by atoms with van der Waals surface area (Å²) < 4.78 is 10.9. The maximum Gasteiger partial charge on any atom is 0.335 e. The monoisotopic (exact) mass is 506 g/mol. The number of rotatable bonds is 16. The van der Waals surface area contributed by atoms with Gasteiger partial charge in [0.15, 0.2) is 0 Å². The van der Waals surface area contributed by atoms with Gasteiger partial charge >= 0.3 is 11.9 Å². The van der Waals surface area contributed by atoms with Crippen molar-refractivity contribution in [3.05, 3.63) is 12.2 Å². The van der Waals surface area contributed by atoms with E-state index >= 15 is 0 Å². The second-order valence-corrected chi connectivity index (χ2v) is 11.9. The fourth-order valence-corrected chi connectivity index (χ4v) is 6.17. The highest BCUT2D eigenvalue weighted by Crippen LogP contribution is 2.43. The average Bonchev–Trinajstić information content (AvgIpc) is 2.89. The first kappa shape index (κ1) is 30.9. The fraction of sp³-hybridized carbons (Fsp3) is 0.871. The van der Waals surface area contributed by atoms with E-state index in [2.05, 4.69) is 13.5 Å². The molecule has 1 unspecified atom stereocenters. The lowest BCUT2D eigenvalue weighted by atomic mass is 9.68. The Labute approximate surface area is 220 Å². The summed E-state index contributed by atoms with van der Waals surface area (Å²) in [4.78, 5) is 24.0. The van der Waals surface area contributed by atoms with Crippen molar-refractivity contribution < 1.29 is 24.2 Å². The second kappa shape index (κ2) is 17.2. The summed E-state index contributed by atoms with van der Waals surface area (Å²) in [7, 11) is 0. The molecule has 2 rings (SSSR count). The van der Waals surface area contributed by atoms with Gasteiger partial charge in [-0.25, -0.2) is 4.79 Å². The van der Waals surface area contributed by atoms with Crippen LogP contribution in [0.15, 0.2) is 12.2 Å². The van der Waals surface area contributed by atoms with Crippen molar-refractivity contribution in [3.63, 3.8) is 0 Å². The van der Waals surface area contributed by atoms with Crippen LogP contribution in [0.3, 0.4) is 0 Å². The van der Waals surface area contributed by atoms with Crippen molar-refractivity contribution in [2.75, 3.05) is 13.2 Å². The van der Waals surface area contributed by atoms with Gasteiger partial charge in [0, 0.05) is 0 Å².